The molecule has 8 heteroatoms. The average Bonchev–Trinajstić information content (AvgIpc) is 3.37. The lowest BCUT2D eigenvalue weighted by Crippen LogP contribution is -2.21. The maximum absolute atomic E-state index is 13.5. The van der Waals surface area contributed by atoms with Crippen molar-refractivity contribution in [2.24, 2.45) is 0 Å². The van der Waals surface area contributed by atoms with Crippen molar-refractivity contribution in [2.45, 2.75) is 10.9 Å². The molecule has 0 radical (unpaired) electrons. The van der Waals surface area contributed by atoms with Gasteiger partial charge in [-0.15, -0.1) is 0 Å². The van der Waals surface area contributed by atoms with Crippen molar-refractivity contribution in [1.29, 1.82) is 0 Å². The van der Waals surface area contributed by atoms with Gasteiger partial charge < -0.3 is 13.9 Å². The van der Waals surface area contributed by atoms with Crippen LogP contribution in [0.2, 0.25) is 0 Å². The van der Waals surface area contributed by atoms with Gasteiger partial charge in [-0.3, -0.25) is 9.36 Å². The van der Waals surface area contributed by atoms with E-state index in [0.717, 1.165) is 11.3 Å². The van der Waals surface area contributed by atoms with Gasteiger partial charge in [0.05, 0.1) is 36.5 Å². The Morgan fingerprint density at radius 3 is 2.47 bits per heavy atom. The van der Waals surface area contributed by atoms with Crippen molar-refractivity contribution in [3.63, 3.8) is 0 Å². The summed E-state index contributed by atoms with van der Waals surface area (Å²) in [7, 11) is 3.14. The van der Waals surface area contributed by atoms with Crippen LogP contribution in [0.4, 0.5) is 0 Å². The van der Waals surface area contributed by atoms with E-state index in [2.05, 4.69) is 4.98 Å². The third kappa shape index (κ3) is 4.15. The van der Waals surface area contributed by atoms with Crippen molar-refractivity contribution in [3.8, 4) is 28.6 Å². The Morgan fingerprint density at radius 2 is 1.68 bits per heavy atom. The van der Waals surface area contributed by atoms with Crippen LogP contribution >= 0.6 is 11.8 Å². The molecule has 170 valence electrons. The molecule has 0 atom stereocenters. The number of nitrogens with zero attached hydrogens (tertiary/aromatic N) is 3. The maximum Gasteiger partial charge on any atom is 0.266 e. The van der Waals surface area contributed by atoms with Crippen LogP contribution in [-0.4, -0.2) is 28.8 Å². The smallest absolute Gasteiger partial charge is 0.266 e. The summed E-state index contributed by atoms with van der Waals surface area (Å²) in [4.78, 5) is 22.9. The highest BCUT2D eigenvalue weighted by atomic mass is 32.2. The number of ether oxygens (including phenoxy) is 2. The number of para-hydroxylation sites is 1. The Hall–Kier alpha value is -4.04. The Kier molecular flexibility index (Phi) is 6.05. The fraction of sp³-hybridized carbons (Fsp3) is 0.115. The zero-order valence-electron chi connectivity index (χ0n) is 18.6. The molecule has 0 saturated heterocycles. The Labute approximate surface area is 200 Å². The zero-order chi connectivity index (χ0) is 23.5. The molecule has 0 unspecified atom stereocenters. The average molecular weight is 472 g/mol. The first-order chi connectivity index (χ1) is 16.7. The molecule has 0 amide bonds. The molecule has 0 aliphatic heterocycles. The molecule has 0 bridgehead atoms. The third-order valence-electron chi connectivity index (χ3n) is 5.29. The van der Waals surface area contributed by atoms with E-state index in [4.69, 9.17) is 18.9 Å². The standard InChI is InChI=1S/C26H21N3O4S/c1-31-22-13-12-19(14-23(22)32-2)29-25(30)20-10-6-7-11-21(20)28-26(29)34-16-18-15-33-24(27-18)17-8-4-3-5-9-17/h3-15H,16H2,1-2H3. The second kappa shape index (κ2) is 9.44. The summed E-state index contributed by atoms with van der Waals surface area (Å²) in [6.07, 6.45) is 1.63. The van der Waals surface area contributed by atoms with Crippen LogP contribution in [-0.2, 0) is 5.75 Å². The number of methoxy groups -OCH3 is 2. The minimum atomic E-state index is -0.162. The lowest BCUT2D eigenvalue weighted by atomic mass is 10.2. The highest BCUT2D eigenvalue weighted by Gasteiger charge is 2.16. The van der Waals surface area contributed by atoms with Gasteiger partial charge in [-0.2, -0.15) is 0 Å². The van der Waals surface area contributed by atoms with Crippen molar-refractivity contribution >= 4 is 22.7 Å². The van der Waals surface area contributed by atoms with Crippen LogP contribution in [0.5, 0.6) is 11.5 Å². The summed E-state index contributed by atoms with van der Waals surface area (Å²) in [5.74, 6) is 2.15. The third-order valence-corrected chi connectivity index (χ3v) is 6.26. The lowest BCUT2D eigenvalue weighted by Gasteiger charge is -2.15. The largest absolute Gasteiger partial charge is 0.493 e. The zero-order valence-corrected chi connectivity index (χ0v) is 19.4. The molecular weight excluding hydrogens is 450 g/mol. The quantitative estimate of drug-likeness (QED) is 0.234. The van der Waals surface area contributed by atoms with E-state index < -0.39 is 0 Å². The monoisotopic (exact) mass is 471 g/mol. The molecule has 0 saturated carbocycles. The van der Waals surface area contributed by atoms with Gasteiger partial charge in [0.25, 0.3) is 5.56 Å². The van der Waals surface area contributed by atoms with Gasteiger partial charge in [0.2, 0.25) is 5.89 Å². The second-order valence-corrected chi connectivity index (χ2v) is 8.33. The first-order valence-electron chi connectivity index (χ1n) is 10.5. The number of thioether (sulfide) groups is 1. The van der Waals surface area contributed by atoms with E-state index in [-0.39, 0.29) is 5.56 Å². The molecule has 7 nitrogen and oxygen atoms in total. The summed E-state index contributed by atoms with van der Waals surface area (Å²) >= 11 is 1.41. The number of rotatable bonds is 7. The molecule has 5 rings (SSSR count). The van der Waals surface area contributed by atoms with Gasteiger partial charge in [0.15, 0.2) is 16.7 Å². The fourth-order valence-electron chi connectivity index (χ4n) is 3.63. The maximum atomic E-state index is 13.5. The van der Waals surface area contributed by atoms with Gasteiger partial charge in [0.1, 0.15) is 6.26 Å². The number of oxazole rings is 1. The number of benzene rings is 3. The van der Waals surface area contributed by atoms with Crippen LogP contribution in [0.25, 0.3) is 28.0 Å². The van der Waals surface area contributed by atoms with E-state index in [1.165, 1.54) is 11.8 Å². The van der Waals surface area contributed by atoms with Gasteiger partial charge in [-0.1, -0.05) is 42.1 Å². The van der Waals surface area contributed by atoms with E-state index in [1.54, 1.807) is 43.2 Å². The highest BCUT2D eigenvalue weighted by molar-refractivity contribution is 7.98. The van der Waals surface area contributed by atoms with Gasteiger partial charge in [-0.25, -0.2) is 9.97 Å². The molecule has 3 aromatic carbocycles. The van der Waals surface area contributed by atoms with Gasteiger partial charge >= 0.3 is 0 Å². The minimum Gasteiger partial charge on any atom is -0.493 e. The molecule has 34 heavy (non-hydrogen) atoms. The second-order valence-electron chi connectivity index (χ2n) is 7.39. The first kappa shape index (κ1) is 21.8. The molecular formula is C26H21N3O4S. The normalized spacial score (nSPS) is 11.0. The number of aromatic nitrogens is 3. The van der Waals surface area contributed by atoms with Gasteiger partial charge in [0, 0.05) is 17.4 Å². The molecule has 0 spiro atoms. The van der Waals surface area contributed by atoms with Crippen LogP contribution in [0.3, 0.4) is 0 Å². The number of fused-ring (bicyclic) bond motifs is 1. The van der Waals surface area contributed by atoms with E-state index >= 15 is 0 Å². The van der Waals surface area contributed by atoms with E-state index in [9.17, 15) is 4.79 Å². The summed E-state index contributed by atoms with van der Waals surface area (Å²) in [5, 5.41) is 1.08. The molecule has 0 N–H and O–H groups in total. The molecule has 2 heterocycles. The predicted molar refractivity (Wildman–Crippen MR) is 132 cm³/mol. The van der Waals surface area contributed by atoms with Crippen LogP contribution in [0.15, 0.2) is 93.4 Å². The Balaban J connectivity index is 1.54. The minimum absolute atomic E-state index is 0.162. The Morgan fingerprint density at radius 1 is 0.912 bits per heavy atom. The van der Waals surface area contributed by atoms with Crippen LogP contribution in [0.1, 0.15) is 5.69 Å². The van der Waals surface area contributed by atoms with E-state index in [0.29, 0.717) is 44.9 Å². The first-order valence-corrected chi connectivity index (χ1v) is 11.5. The van der Waals surface area contributed by atoms with Crippen molar-refractivity contribution in [1.82, 2.24) is 14.5 Å². The van der Waals surface area contributed by atoms with Gasteiger partial charge in [-0.05, 0) is 36.4 Å². The summed E-state index contributed by atoms with van der Waals surface area (Å²) in [6.45, 7) is 0. The molecule has 0 aliphatic rings. The lowest BCUT2D eigenvalue weighted by molar-refractivity contribution is 0.354. The molecule has 2 aromatic heterocycles. The topological polar surface area (TPSA) is 79.4 Å². The molecule has 0 fully saturated rings. The molecule has 0 aliphatic carbocycles. The highest BCUT2D eigenvalue weighted by Crippen LogP contribution is 2.31. The number of hydrogen-bond donors (Lipinski definition) is 0. The van der Waals surface area contributed by atoms with Crippen LogP contribution < -0.4 is 15.0 Å². The predicted octanol–water partition coefficient (Wildman–Crippen LogP) is 5.35. The van der Waals surface area contributed by atoms with Crippen molar-refractivity contribution in [3.05, 3.63) is 95.1 Å². The molecule has 5 aromatic rings. The summed E-state index contributed by atoms with van der Waals surface area (Å²) in [6, 6.07) is 22.4. The fourth-order valence-corrected chi connectivity index (χ4v) is 4.52. The number of hydrogen-bond acceptors (Lipinski definition) is 7. The summed E-state index contributed by atoms with van der Waals surface area (Å²) < 4.78 is 18.1. The Bertz CT molecular complexity index is 1510. The van der Waals surface area contributed by atoms with E-state index in [1.807, 2.05) is 54.6 Å². The van der Waals surface area contributed by atoms with Crippen LogP contribution in [0, 0.1) is 0 Å². The van der Waals surface area contributed by atoms with Crippen molar-refractivity contribution in [2.75, 3.05) is 14.2 Å². The summed E-state index contributed by atoms with van der Waals surface area (Å²) in [5.41, 5.74) is 2.77. The SMILES string of the molecule is COc1ccc(-n2c(SCc3coc(-c4ccccc4)n3)nc3ccccc3c2=O)cc1OC. The van der Waals surface area contributed by atoms with Crippen molar-refractivity contribution < 1.29 is 13.9 Å².